The van der Waals surface area contributed by atoms with Crippen molar-refractivity contribution in [3.05, 3.63) is 33.6 Å². The van der Waals surface area contributed by atoms with Crippen molar-refractivity contribution < 1.29 is 9.31 Å². The number of hydrogen-bond acceptors (Lipinski definition) is 4. The second kappa shape index (κ2) is 7.20. The molecule has 0 saturated carbocycles. The van der Waals surface area contributed by atoms with Crippen molar-refractivity contribution in [1.29, 1.82) is 0 Å². The first-order chi connectivity index (χ1) is 8.56. The number of halogens is 1. The lowest BCUT2D eigenvalue weighted by molar-refractivity contribution is -0.384. The van der Waals surface area contributed by atoms with Gasteiger partial charge in [0.05, 0.1) is 11.0 Å². The Kier molecular flexibility index (Phi) is 5.91. The number of nitrogens with one attached hydrogen (secondary N) is 1. The normalized spacial score (nSPS) is 10.4. The SMILES string of the molecule is CSCCCCNc1cc(C)c(F)cc1[N+](=O)[O-]. The van der Waals surface area contributed by atoms with Gasteiger partial charge in [-0.3, -0.25) is 10.1 Å². The standard InChI is InChI=1S/C12H17FN2O2S/c1-9-7-11(14-5-3-4-6-18-2)12(15(16)17)8-10(9)13/h7-8,14H,3-6H2,1-2H3. The van der Waals surface area contributed by atoms with E-state index in [9.17, 15) is 14.5 Å². The van der Waals surface area contributed by atoms with E-state index in [4.69, 9.17) is 0 Å². The molecule has 0 amide bonds. The molecule has 4 nitrogen and oxygen atoms in total. The molecule has 0 aromatic heterocycles. The average Bonchev–Trinajstić information content (AvgIpc) is 2.32. The number of unbranched alkanes of at least 4 members (excludes halogenated alkanes) is 1. The van der Waals surface area contributed by atoms with Crippen molar-refractivity contribution in [3.63, 3.8) is 0 Å². The van der Waals surface area contributed by atoms with E-state index in [-0.39, 0.29) is 5.69 Å². The van der Waals surface area contributed by atoms with E-state index in [1.54, 1.807) is 18.7 Å². The van der Waals surface area contributed by atoms with E-state index in [1.165, 1.54) is 6.07 Å². The second-order valence-electron chi connectivity index (χ2n) is 4.00. The number of nitro groups is 1. The van der Waals surface area contributed by atoms with Crippen LogP contribution in [0.1, 0.15) is 18.4 Å². The van der Waals surface area contributed by atoms with Crippen molar-refractivity contribution in [2.45, 2.75) is 19.8 Å². The van der Waals surface area contributed by atoms with Crippen molar-refractivity contribution in [1.82, 2.24) is 0 Å². The van der Waals surface area contributed by atoms with E-state index in [0.29, 0.717) is 17.8 Å². The molecule has 100 valence electrons. The molecule has 1 aromatic carbocycles. The Hall–Kier alpha value is -1.30. The number of benzene rings is 1. The molecule has 6 heteroatoms. The van der Waals surface area contributed by atoms with Crippen molar-refractivity contribution in [2.24, 2.45) is 0 Å². The van der Waals surface area contributed by atoms with Crippen molar-refractivity contribution in [2.75, 3.05) is 23.9 Å². The van der Waals surface area contributed by atoms with Crippen LogP contribution in [0.25, 0.3) is 0 Å². The van der Waals surface area contributed by atoms with Gasteiger partial charge in [-0.1, -0.05) is 0 Å². The maximum absolute atomic E-state index is 13.3. The van der Waals surface area contributed by atoms with Crippen LogP contribution in [0, 0.1) is 22.9 Å². The van der Waals surface area contributed by atoms with Gasteiger partial charge >= 0.3 is 0 Å². The maximum Gasteiger partial charge on any atom is 0.295 e. The molecule has 0 atom stereocenters. The predicted octanol–water partition coefficient (Wildman–Crippen LogP) is 3.60. The van der Waals surface area contributed by atoms with Gasteiger partial charge in [0.15, 0.2) is 0 Å². The number of thioether (sulfide) groups is 1. The first-order valence-electron chi connectivity index (χ1n) is 5.73. The number of anilines is 1. The van der Waals surface area contributed by atoms with Crippen LogP contribution >= 0.6 is 11.8 Å². The fourth-order valence-electron chi connectivity index (χ4n) is 1.56. The summed E-state index contributed by atoms with van der Waals surface area (Å²) in [5.74, 6) is 0.529. The topological polar surface area (TPSA) is 55.2 Å². The molecule has 0 unspecified atom stereocenters. The molecule has 0 spiro atoms. The molecule has 0 aliphatic rings. The summed E-state index contributed by atoms with van der Waals surface area (Å²) in [6, 6.07) is 2.46. The van der Waals surface area contributed by atoms with E-state index in [1.807, 2.05) is 6.26 Å². The van der Waals surface area contributed by atoms with Gasteiger partial charge in [-0.25, -0.2) is 4.39 Å². The molecule has 0 saturated heterocycles. The third-order valence-electron chi connectivity index (χ3n) is 2.56. The van der Waals surface area contributed by atoms with Gasteiger partial charge in [-0.15, -0.1) is 0 Å². The Morgan fingerprint density at radius 2 is 2.17 bits per heavy atom. The lowest BCUT2D eigenvalue weighted by Crippen LogP contribution is -2.05. The van der Waals surface area contributed by atoms with E-state index >= 15 is 0 Å². The summed E-state index contributed by atoms with van der Waals surface area (Å²) in [6.45, 7) is 2.25. The Morgan fingerprint density at radius 1 is 1.44 bits per heavy atom. The highest BCUT2D eigenvalue weighted by Gasteiger charge is 2.16. The van der Waals surface area contributed by atoms with Crippen LogP contribution in [0.4, 0.5) is 15.8 Å². The molecule has 1 aromatic rings. The van der Waals surface area contributed by atoms with Gasteiger partial charge in [0, 0.05) is 6.54 Å². The molecule has 0 bridgehead atoms. The highest BCUT2D eigenvalue weighted by molar-refractivity contribution is 7.98. The molecule has 1 N–H and O–H groups in total. The van der Waals surface area contributed by atoms with E-state index in [0.717, 1.165) is 24.7 Å². The zero-order valence-electron chi connectivity index (χ0n) is 10.5. The van der Waals surface area contributed by atoms with Crippen molar-refractivity contribution in [3.8, 4) is 0 Å². The summed E-state index contributed by atoms with van der Waals surface area (Å²) in [7, 11) is 0. The molecule has 0 aliphatic heterocycles. The highest BCUT2D eigenvalue weighted by Crippen LogP contribution is 2.27. The van der Waals surface area contributed by atoms with E-state index < -0.39 is 10.7 Å². The Labute approximate surface area is 110 Å². The summed E-state index contributed by atoms with van der Waals surface area (Å²) in [6.07, 6.45) is 4.04. The monoisotopic (exact) mass is 272 g/mol. The largest absolute Gasteiger partial charge is 0.379 e. The number of aryl methyl sites for hydroxylation is 1. The van der Waals surface area contributed by atoms with Gasteiger partial charge in [0.25, 0.3) is 5.69 Å². The second-order valence-corrected chi connectivity index (χ2v) is 4.99. The summed E-state index contributed by atoms with van der Waals surface area (Å²) in [5, 5.41) is 13.8. The van der Waals surface area contributed by atoms with Crippen LogP contribution in [0.2, 0.25) is 0 Å². The summed E-state index contributed by atoms with van der Waals surface area (Å²) >= 11 is 1.77. The minimum absolute atomic E-state index is 0.206. The first-order valence-corrected chi connectivity index (χ1v) is 7.13. The fourth-order valence-corrected chi connectivity index (χ4v) is 2.05. The third kappa shape index (κ3) is 4.18. The zero-order valence-corrected chi connectivity index (χ0v) is 11.3. The first kappa shape index (κ1) is 14.8. The molecule has 1 rings (SSSR count). The zero-order chi connectivity index (χ0) is 13.5. The van der Waals surface area contributed by atoms with Crippen LogP contribution in [0.15, 0.2) is 12.1 Å². The molecule has 0 heterocycles. The highest BCUT2D eigenvalue weighted by atomic mass is 32.2. The van der Waals surface area contributed by atoms with Gasteiger partial charge in [-0.05, 0) is 43.4 Å². The van der Waals surface area contributed by atoms with Crippen LogP contribution in [0.5, 0.6) is 0 Å². The van der Waals surface area contributed by atoms with Gasteiger partial charge in [0.2, 0.25) is 0 Å². The smallest absolute Gasteiger partial charge is 0.295 e. The maximum atomic E-state index is 13.3. The molecular weight excluding hydrogens is 255 g/mol. The lowest BCUT2D eigenvalue weighted by atomic mass is 10.1. The van der Waals surface area contributed by atoms with Gasteiger partial charge in [-0.2, -0.15) is 11.8 Å². The van der Waals surface area contributed by atoms with Gasteiger partial charge in [0.1, 0.15) is 11.5 Å². The number of rotatable bonds is 7. The summed E-state index contributed by atoms with van der Waals surface area (Å²) in [5.41, 5.74) is 0.596. The minimum atomic E-state index is -0.563. The average molecular weight is 272 g/mol. The number of nitrogens with zero attached hydrogens (tertiary/aromatic N) is 1. The van der Waals surface area contributed by atoms with E-state index in [2.05, 4.69) is 5.32 Å². The summed E-state index contributed by atoms with van der Waals surface area (Å²) < 4.78 is 13.3. The number of hydrogen-bond donors (Lipinski definition) is 1. The van der Waals surface area contributed by atoms with Crippen molar-refractivity contribution >= 4 is 23.1 Å². The van der Waals surface area contributed by atoms with Crippen LogP contribution < -0.4 is 5.32 Å². The minimum Gasteiger partial charge on any atom is -0.379 e. The quantitative estimate of drug-likeness (QED) is 0.468. The third-order valence-corrected chi connectivity index (χ3v) is 3.26. The van der Waals surface area contributed by atoms with Crippen LogP contribution in [-0.2, 0) is 0 Å². The fraction of sp³-hybridized carbons (Fsp3) is 0.500. The predicted molar refractivity (Wildman–Crippen MR) is 73.9 cm³/mol. The number of nitro benzene ring substituents is 1. The lowest BCUT2D eigenvalue weighted by Gasteiger charge is -2.08. The molecule has 0 radical (unpaired) electrons. The molecular formula is C12H17FN2O2S. The molecule has 0 fully saturated rings. The summed E-state index contributed by atoms with van der Waals surface area (Å²) in [4.78, 5) is 10.3. The molecule has 18 heavy (non-hydrogen) atoms. The Balaban J connectivity index is 2.68. The Morgan fingerprint density at radius 3 is 2.78 bits per heavy atom. The van der Waals surface area contributed by atoms with Gasteiger partial charge < -0.3 is 5.32 Å². The van der Waals surface area contributed by atoms with Crippen LogP contribution in [0.3, 0.4) is 0 Å². The Bertz CT molecular complexity index is 427. The molecule has 0 aliphatic carbocycles. The van der Waals surface area contributed by atoms with Crippen LogP contribution in [-0.4, -0.2) is 23.5 Å².